The molecule has 1 fully saturated rings. The molecule has 0 radical (unpaired) electrons. The molecule has 6 nitrogen and oxygen atoms in total. The Balaban J connectivity index is 2.02. The minimum atomic E-state index is -3.40. The first-order chi connectivity index (χ1) is 9.87. The number of hydrogen-bond donors (Lipinski definition) is 1. The molecule has 1 aliphatic heterocycles. The highest BCUT2D eigenvalue weighted by Crippen LogP contribution is 2.22. The van der Waals surface area contributed by atoms with Crippen LogP contribution in [-0.4, -0.2) is 51.2 Å². The third kappa shape index (κ3) is 4.52. The van der Waals surface area contributed by atoms with Crippen molar-refractivity contribution >= 4 is 15.9 Å². The van der Waals surface area contributed by atoms with Crippen LogP contribution in [0.4, 0.5) is 0 Å². The van der Waals surface area contributed by atoms with E-state index in [1.165, 1.54) is 0 Å². The van der Waals surface area contributed by atoms with E-state index in [1.54, 1.807) is 11.8 Å². The molecule has 7 heteroatoms. The summed E-state index contributed by atoms with van der Waals surface area (Å²) in [4.78, 5) is 13.9. The zero-order valence-electron chi connectivity index (χ0n) is 12.2. The van der Waals surface area contributed by atoms with Crippen LogP contribution in [0.15, 0.2) is 30.3 Å². The molecule has 1 aromatic rings. The van der Waals surface area contributed by atoms with E-state index in [4.69, 9.17) is 4.74 Å². The summed E-state index contributed by atoms with van der Waals surface area (Å²) in [5, 5.41) is 0. The van der Waals surface area contributed by atoms with Gasteiger partial charge in [0.05, 0.1) is 25.4 Å². The first-order valence-electron chi connectivity index (χ1n) is 6.79. The van der Waals surface area contributed by atoms with E-state index in [9.17, 15) is 13.2 Å². The average molecular weight is 312 g/mol. The molecule has 1 unspecified atom stereocenters. The minimum absolute atomic E-state index is 0.172. The molecule has 1 N–H and O–H groups in total. The molecule has 0 aliphatic carbocycles. The van der Waals surface area contributed by atoms with Crippen LogP contribution in [-0.2, 0) is 19.6 Å². The van der Waals surface area contributed by atoms with Crippen LogP contribution >= 0.6 is 0 Å². The number of sulfonamides is 1. The van der Waals surface area contributed by atoms with Crippen LogP contribution in [0.25, 0.3) is 0 Å². The summed E-state index contributed by atoms with van der Waals surface area (Å²) in [5.41, 5.74) is 1.01. The second kappa shape index (κ2) is 6.55. The van der Waals surface area contributed by atoms with Gasteiger partial charge in [-0.25, -0.2) is 13.1 Å². The van der Waals surface area contributed by atoms with E-state index in [2.05, 4.69) is 4.72 Å². The Bertz CT molecular complexity index is 588. The molecule has 1 amide bonds. The van der Waals surface area contributed by atoms with Gasteiger partial charge in [0.15, 0.2) is 0 Å². The molecule has 1 saturated heterocycles. The highest BCUT2D eigenvalue weighted by Gasteiger charge is 2.29. The molecule has 21 heavy (non-hydrogen) atoms. The van der Waals surface area contributed by atoms with E-state index in [-0.39, 0.29) is 12.0 Å². The first-order valence-corrected chi connectivity index (χ1v) is 8.68. The normalized spacial score (nSPS) is 21.0. The summed E-state index contributed by atoms with van der Waals surface area (Å²) in [6, 6.07) is 8.91. The fourth-order valence-electron chi connectivity index (χ4n) is 2.36. The van der Waals surface area contributed by atoms with Gasteiger partial charge in [-0.2, -0.15) is 0 Å². The number of nitrogens with zero attached hydrogens (tertiary/aromatic N) is 1. The molecular formula is C14H20N2O4S. The number of carbonyl (C=O) groups is 1. The lowest BCUT2D eigenvalue weighted by Gasteiger charge is -2.34. The van der Waals surface area contributed by atoms with Gasteiger partial charge < -0.3 is 9.64 Å². The van der Waals surface area contributed by atoms with Crippen LogP contribution in [0.3, 0.4) is 0 Å². The maximum Gasteiger partial charge on any atom is 0.240 e. The van der Waals surface area contributed by atoms with Gasteiger partial charge in [0.2, 0.25) is 15.9 Å². The summed E-state index contributed by atoms with van der Waals surface area (Å²) < 4.78 is 30.4. The molecule has 1 aromatic carbocycles. The van der Waals surface area contributed by atoms with Crippen molar-refractivity contribution in [1.29, 1.82) is 0 Å². The molecule has 116 valence electrons. The predicted molar refractivity (Wildman–Crippen MR) is 79.2 cm³/mol. The lowest BCUT2D eigenvalue weighted by Crippen LogP contribution is -2.50. The van der Waals surface area contributed by atoms with Crippen LogP contribution in [0, 0.1) is 0 Å². The predicted octanol–water partition coefficient (Wildman–Crippen LogP) is 0.524. The van der Waals surface area contributed by atoms with Crippen molar-refractivity contribution in [3.05, 3.63) is 35.9 Å². The fraction of sp³-hybridized carbons (Fsp3) is 0.500. The highest BCUT2D eigenvalue weighted by molar-refractivity contribution is 7.88. The summed E-state index contributed by atoms with van der Waals surface area (Å²) in [7, 11) is -3.40. The first kappa shape index (κ1) is 15.9. The Hall–Kier alpha value is -1.44. The molecule has 0 spiro atoms. The molecule has 1 aliphatic rings. The quantitative estimate of drug-likeness (QED) is 0.880. The Morgan fingerprint density at radius 2 is 2.05 bits per heavy atom. The van der Waals surface area contributed by atoms with Crippen molar-refractivity contribution in [2.45, 2.75) is 19.1 Å². The highest BCUT2D eigenvalue weighted by atomic mass is 32.2. The summed E-state index contributed by atoms with van der Waals surface area (Å²) >= 11 is 0. The molecule has 1 heterocycles. The minimum Gasteiger partial charge on any atom is -0.370 e. The van der Waals surface area contributed by atoms with Crippen LogP contribution in [0.5, 0.6) is 0 Å². The van der Waals surface area contributed by atoms with Crippen LogP contribution in [0.1, 0.15) is 18.6 Å². The van der Waals surface area contributed by atoms with Gasteiger partial charge >= 0.3 is 0 Å². The Kier molecular flexibility index (Phi) is 4.97. The van der Waals surface area contributed by atoms with Gasteiger partial charge in [0.25, 0.3) is 0 Å². The fourth-order valence-corrected chi connectivity index (χ4v) is 3.11. The van der Waals surface area contributed by atoms with Gasteiger partial charge in [-0.05, 0) is 12.5 Å². The van der Waals surface area contributed by atoms with E-state index in [1.807, 2.05) is 30.3 Å². The molecule has 2 atom stereocenters. The van der Waals surface area contributed by atoms with Crippen molar-refractivity contribution in [3.8, 4) is 0 Å². The monoisotopic (exact) mass is 312 g/mol. The van der Waals surface area contributed by atoms with Crippen molar-refractivity contribution in [1.82, 2.24) is 9.62 Å². The van der Waals surface area contributed by atoms with Crippen LogP contribution in [0.2, 0.25) is 0 Å². The smallest absolute Gasteiger partial charge is 0.240 e. The lowest BCUT2D eigenvalue weighted by molar-refractivity contribution is -0.140. The Morgan fingerprint density at radius 1 is 1.38 bits per heavy atom. The number of hydrogen-bond acceptors (Lipinski definition) is 4. The van der Waals surface area contributed by atoms with E-state index < -0.39 is 16.1 Å². The molecule has 0 aromatic heterocycles. The van der Waals surface area contributed by atoms with Crippen molar-refractivity contribution in [3.63, 3.8) is 0 Å². The number of amides is 1. The summed E-state index contributed by atoms with van der Waals surface area (Å²) in [5.74, 6) is -0.232. The third-order valence-electron chi connectivity index (χ3n) is 3.31. The van der Waals surface area contributed by atoms with Crippen molar-refractivity contribution in [2.75, 3.05) is 26.0 Å². The van der Waals surface area contributed by atoms with Crippen molar-refractivity contribution < 1.29 is 17.9 Å². The number of morpholine rings is 1. The SMILES string of the molecule is C[C@H](NS(C)(=O)=O)C(=O)N1CCOC(c2ccccc2)C1. The van der Waals surface area contributed by atoms with Gasteiger partial charge in [0, 0.05) is 6.54 Å². The number of nitrogens with one attached hydrogen (secondary N) is 1. The standard InChI is InChI=1S/C14H20N2O4S/c1-11(15-21(2,18)19)14(17)16-8-9-20-13(10-16)12-6-4-3-5-7-12/h3-7,11,13,15H,8-10H2,1-2H3/t11-,13?/m0/s1. The molecular weight excluding hydrogens is 292 g/mol. The maximum atomic E-state index is 12.3. The second-order valence-electron chi connectivity index (χ2n) is 5.17. The second-order valence-corrected chi connectivity index (χ2v) is 6.95. The maximum absolute atomic E-state index is 12.3. The lowest BCUT2D eigenvalue weighted by atomic mass is 10.1. The van der Waals surface area contributed by atoms with Gasteiger partial charge in [-0.3, -0.25) is 4.79 Å². The summed E-state index contributed by atoms with van der Waals surface area (Å²) in [6.45, 7) is 2.89. The molecule has 0 saturated carbocycles. The number of benzene rings is 1. The van der Waals surface area contributed by atoms with Crippen molar-refractivity contribution in [2.24, 2.45) is 0 Å². The molecule has 0 bridgehead atoms. The zero-order chi connectivity index (χ0) is 15.5. The van der Waals surface area contributed by atoms with E-state index >= 15 is 0 Å². The van der Waals surface area contributed by atoms with E-state index in [0.717, 1.165) is 11.8 Å². The van der Waals surface area contributed by atoms with Gasteiger partial charge in [-0.15, -0.1) is 0 Å². The third-order valence-corrected chi connectivity index (χ3v) is 4.09. The zero-order valence-corrected chi connectivity index (χ0v) is 13.0. The average Bonchev–Trinajstić information content (AvgIpc) is 2.46. The number of rotatable bonds is 4. The molecule has 2 rings (SSSR count). The Morgan fingerprint density at radius 3 is 2.67 bits per heavy atom. The van der Waals surface area contributed by atoms with Crippen LogP contribution < -0.4 is 4.72 Å². The van der Waals surface area contributed by atoms with Gasteiger partial charge in [0.1, 0.15) is 6.10 Å². The van der Waals surface area contributed by atoms with E-state index in [0.29, 0.717) is 19.7 Å². The largest absolute Gasteiger partial charge is 0.370 e. The topological polar surface area (TPSA) is 75.7 Å². The summed E-state index contributed by atoms with van der Waals surface area (Å²) in [6.07, 6.45) is 0.873. The number of ether oxygens (including phenoxy) is 1. The Labute approximate surface area is 125 Å². The van der Waals surface area contributed by atoms with Gasteiger partial charge in [-0.1, -0.05) is 30.3 Å². The number of carbonyl (C=O) groups excluding carboxylic acids is 1.